The second-order valence-electron chi connectivity index (χ2n) is 4.67. The van der Waals surface area contributed by atoms with E-state index < -0.39 is 11.8 Å². The number of anilines is 1. The zero-order chi connectivity index (χ0) is 17.5. The Balaban J connectivity index is 1.84. The topological polar surface area (TPSA) is 70.6 Å². The smallest absolute Gasteiger partial charge is 0.249 e. The first-order valence-corrected chi connectivity index (χ1v) is 7.90. The molecule has 0 atom stereocenters. The van der Waals surface area contributed by atoms with Crippen molar-refractivity contribution < 1.29 is 9.59 Å². The molecule has 0 radical (unpaired) electrons. The summed E-state index contributed by atoms with van der Waals surface area (Å²) in [5.41, 5.74) is 3.36. The van der Waals surface area contributed by atoms with Crippen LogP contribution in [0.2, 0.25) is 15.1 Å². The largest absolute Gasteiger partial charge is 0.326 e. The Kier molecular flexibility index (Phi) is 6.61. The van der Waals surface area contributed by atoms with Crippen LogP contribution in [0.25, 0.3) is 0 Å². The molecule has 24 heavy (non-hydrogen) atoms. The van der Waals surface area contributed by atoms with Crippen LogP contribution in [-0.4, -0.2) is 18.0 Å². The molecule has 0 heterocycles. The van der Waals surface area contributed by atoms with Gasteiger partial charge in [0.25, 0.3) is 0 Å². The summed E-state index contributed by atoms with van der Waals surface area (Å²) in [5, 5.41) is 7.49. The van der Waals surface area contributed by atoms with Crippen molar-refractivity contribution in [1.29, 1.82) is 0 Å². The monoisotopic (exact) mass is 383 g/mol. The zero-order valence-corrected chi connectivity index (χ0v) is 14.5. The zero-order valence-electron chi connectivity index (χ0n) is 12.2. The molecule has 2 amide bonds. The third-order valence-electron chi connectivity index (χ3n) is 2.82. The van der Waals surface area contributed by atoms with Crippen LogP contribution < -0.4 is 10.7 Å². The van der Waals surface area contributed by atoms with Crippen LogP contribution >= 0.6 is 34.8 Å². The number of carbonyl (C=O) groups is 2. The standard InChI is InChI=1S/C16H12Cl3N3O2/c17-12-4-2-1-3-10(12)9-20-22-16(24)8-15(23)21-11-5-6-13(18)14(19)7-11/h1-7,9H,8H2,(H,21,23)(H,22,24). The predicted molar refractivity (Wildman–Crippen MR) is 96.9 cm³/mol. The van der Waals surface area contributed by atoms with E-state index in [1.165, 1.54) is 12.3 Å². The quantitative estimate of drug-likeness (QED) is 0.462. The Morgan fingerprint density at radius 3 is 2.42 bits per heavy atom. The van der Waals surface area contributed by atoms with E-state index in [0.717, 1.165) is 0 Å². The molecule has 0 fully saturated rings. The van der Waals surface area contributed by atoms with E-state index in [9.17, 15) is 9.59 Å². The number of nitrogens with one attached hydrogen (secondary N) is 2. The molecule has 8 heteroatoms. The molecule has 2 aromatic rings. The van der Waals surface area contributed by atoms with Gasteiger partial charge in [-0.15, -0.1) is 0 Å². The second-order valence-corrected chi connectivity index (χ2v) is 5.89. The Hall–Kier alpha value is -2.08. The molecule has 0 saturated carbocycles. The molecule has 0 unspecified atom stereocenters. The van der Waals surface area contributed by atoms with Crippen molar-refractivity contribution in [3.05, 3.63) is 63.1 Å². The Morgan fingerprint density at radius 1 is 0.958 bits per heavy atom. The lowest BCUT2D eigenvalue weighted by Gasteiger charge is -2.05. The fourth-order valence-electron chi connectivity index (χ4n) is 1.72. The first kappa shape index (κ1) is 18.3. The van der Waals surface area contributed by atoms with Gasteiger partial charge in [-0.25, -0.2) is 5.43 Å². The van der Waals surface area contributed by atoms with Crippen molar-refractivity contribution in [2.75, 3.05) is 5.32 Å². The summed E-state index contributed by atoms with van der Waals surface area (Å²) in [5.74, 6) is -1.06. The number of benzene rings is 2. The highest BCUT2D eigenvalue weighted by Gasteiger charge is 2.10. The van der Waals surface area contributed by atoms with Gasteiger partial charge in [0.2, 0.25) is 11.8 Å². The lowest BCUT2D eigenvalue weighted by Crippen LogP contribution is -2.24. The normalized spacial score (nSPS) is 10.6. The van der Waals surface area contributed by atoms with Crippen molar-refractivity contribution in [2.24, 2.45) is 5.10 Å². The van der Waals surface area contributed by atoms with Gasteiger partial charge in [0, 0.05) is 16.3 Å². The van der Waals surface area contributed by atoms with Crippen LogP contribution in [-0.2, 0) is 9.59 Å². The average molecular weight is 385 g/mol. The number of nitrogens with zero attached hydrogens (tertiary/aromatic N) is 1. The van der Waals surface area contributed by atoms with Crippen LogP contribution in [0.1, 0.15) is 12.0 Å². The Bertz CT molecular complexity index is 794. The minimum Gasteiger partial charge on any atom is -0.326 e. The SMILES string of the molecule is O=C(CC(=O)Nc1ccc(Cl)c(Cl)c1)NN=Cc1ccccc1Cl. The van der Waals surface area contributed by atoms with Crippen LogP contribution in [0, 0.1) is 0 Å². The summed E-state index contributed by atoms with van der Waals surface area (Å²) in [7, 11) is 0. The van der Waals surface area contributed by atoms with Crippen LogP contribution in [0.4, 0.5) is 5.69 Å². The maximum Gasteiger partial charge on any atom is 0.249 e. The van der Waals surface area contributed by atoms with E-state index in [0.29, 0.717) is 26.3 Å². The van der Waals surface area contributed by atoms with Gasteiger partial charge in [0.05, 0.1) is 16.3 Å². The molecule has 0 bridgehead atoms. The van der Waals surface area contributed by atoms with Crippen molar-refractivity contribution in [1.82, 2.24) is 5.43 Å². The van der Waals surface area contributed by atoms with E-state index in [-0.39, 0.29) is 6.42 Å². The number of hydrogen-bond acceptors (Lipinski definition) is 3. The molecule has 0 aliphatic heterocycles. The molecular formula is C16H12Cl3N3O2. The van der Waals surface area contributed by atoms with Crippen LogP contribution in [0.3, 0.4) is 0 Å². The van der Waals surface area contributed by atoms with Gasteiger partial charge in [-0.3, -0.25) is 9.59 Å². The van der Waals surface area contributed by atoms with Crippen molar-refractivity contribution >= 4 is 58.5 Å². The molecule has 0 aromatic heterocycles. The maximum absolute atomic E-state index is 11.8. The third kappa shape index (κ3) is 5.53. The van der Waals surface area contributed by atoms with E-state index in [2.05, 4.69) is 15.8 Å². The lowest BCUT2D eigenvalue weighted by atomic mass is 10.2. The molecule has 0 saturated heterocycles. The van der Waals surface area contributed by atoms with E-state index in [1.807, 2.05) is 0 Å². The summed E-state index contributed by atoms with van der Waals surface area (Å²) in [6.07, 6.45) is 1.01. The van der Waals surface area contributed by atoms with Gasteiger partial charge >= 0.3 is 0 Å². The molecule has 2 rings (SSSR count). The molecular weight excluding hydrogens is 373 g/mol. The van der Waals surface area contributed by atoms with Gasteiger partial charge < -0.3 is 5.32 Å². The third-order valence-corrected chi connectivity index (χ3v) is 3.91. The van der Waals surface area contributed by atoms with Gasteiger partial charge in [0.1, 0.15) is 6.42 Å². The molecule has 0 aliphatic carbocycles. The highest BCUT2D eigenvalue weighted by Crippen LogP contribution is 2.25. The van der Waals surface area contributed by atoms with Crippen molar-refractivity contribution in [3.63, 3.8) is 0 Å². The summed E-state index contributed by atoms with van der Waals surface area (Å²) in [6, 6.07) is 11.7. The second kappa shape index (κ2) is 8.68. The fraction of sp³-hybridized carbons (Fsp3) is 0.0625. The number of hydrazone groups is 1. The fourth-order valence-corrected chi connectivity index (χ4v) is 2.20. The number of carbonyl (C=O) groups excluding carboxylic acids is 2. The van der Waals surface area contributed by atoms with E-state index in [4.69, 9.17) is 34.8 Å². The molecule has 2 aromatic carbocycles. The Labute approximate surface area is 153 Å². The summed E-state index contributed by atoms with van der Waals surface area (Å²) in [4.78, 5) is 23.5. The first-order valence-electron chi connectivity index (χ1n) is 6.77. The number of amides is 2. The molecule has 124 valence electrons. The summed E-state index contributed by atoms with van der Waals surface area (Å²) in [6.45, 7) is 0. The number of rotatable bonds is 5. The van der Waals surface area contributed by atoms with Gasteiger partial charge in [-0.1, -0.05) is 53.0 Å². The predicted octanol–water partition coefficient (Wildman–Crippen LogP) is 4.13. The summed E-state index contributed by atoms with van der Waals surface area (Å²) < 4.78 is 0. The molecule has 0 aliphatic rings. The highest BCUT2D eigenvalue weighted by atomic mass is 35.5. The van der Waals surface area contributed by atoms with Gasteiger partial charge in [0.15, 0.2) is 0 Å². The molecule has 2 N–H and O–H groups in total. The van der Waals surface area contributed by atoms with Gasteiger partial charge in [-0.05, 0) is 24.3 Å². The minimum absolute atomic E-state index is 0.309. The highest BCUT2D eigenvalue weighted by molar-refractivity contribution is 6.42. The first-order chi connectivity index (χ1) is 11.5. The molecule has 5 nitrogen and oxygen atoms in total. The van der Waals surface area contributed by atoms with Gasteiger partial charge in [-0.2, -0.15) is 5.10 Å². The lowest BCUT2D eigenvalue weighted by molar-refractivity contribution is -0.126. The van der Waals surface area contributed by atoms with E-state index in [1.54, 1.807) is 36.4 Å². The molecule has 0 spiro atoms. The summed E-state index contributed by atoms with van der Waals surface area (Å²) >= 11 is 17.6. The number of hydrogen-bond donors (Lipinski definition) is 2. The van der Waals surface area contributed by atoms with Crippen LogP contribution in [0.15, 0.2) is 47.6 Å². The van der Waals surface area contributed by atoms with Crippen LogP contribution in [0.5, 0.6) is 0 Å². The average Bonchev–Trinajstić information content (AvgIpc) is 2.52. The maximum atomic E-state index is 11.8. The van der Waals surface area contributed by atoms with Crippen molar-refractivity contribution in [3.8, 4) is 0 Å². The Morgan fingerprint density at radius 2 is 1.71 bits per heavy atom. The number of halogens is 3. The van der Waals surface area contributed by atoms with Crippen molar-refractivity contribution in [2.45, 2.75) is 6.42 Å². The minimum atomic E-state index is -0.559. The van der Waals surface area contributed by atoms with E-state index >= 15 is 0 Å².